The van der Waals surface area contributed by atoms with Crippen LogP contribution in [0, 0.1) is 17.3 Å². The molecule has 0 N–H and O–H groups in total. The van der Waals surface area contributed by atoms with Gasteiger partial charge in [0.05, 0.1) is 0 Å². The van der Waals surface area contributed by atoms with Gasteiger partial charge < -0.3 is 4.74 Å². The second-order valence-corrected chi connectivity index (χ2v) is 8.13. The molecule has 2 heterocycles. The van der Waals surface area contributed by atoms with Crippen molar-refractivity contribution in [1.82, 2.24) is 0 Å². The summed E-state index contributed by atoms with van der Waals surface area (Å²) in [5, 5.41) is 0. The number of allylic oxidation sites excluding steroid dienone is 2. The Morgan fingerprint density at radius 2 is 1.96 bits per heavy atom. The number of ether oxygens (including phenoxy) is 1. The summed E-state index contributed by atoms with van der Waals surface area (Å²) in [4.78, 5) is 25.4. The molecular formula is C20H28O3. The Morgan fingerprint density at radius 1 is 1.22 bits per heavy atom. The molecule has 4 bridgehead atoms. The monoisotopic (exact) mass is 316 g/mol. The van der Waals surface area contributed by atoms with Crippen LogP contribution < -0.4 is 0 Å². The minimum Gasteiger partial charge on any atom is -0.448 e. The largest absolute Gasteiger partial charge is 0.448 e. The first-order valence-corrected chi connectivity index (χ1v) is 8.91. The minimum atomic E-state index is -0.973. The van der Waals surface area contributed by atoms with Gasteiger partial charge in [-0.05, 0) is 62.7 Å². The van der Waals surface area contributed by atoms with Crippen molar-refractivity contribution < 1.29 is 14.3 Å². The first kappa shape index (κ1) is 16.5. The van der Waals surface area contributed by atoms with E-state index in [4.69, 9.17) is 4.74 Å². The molecule has 126 valence electrons. The molecule has 0 radical (unpaired) electrons. The van der Waals surface area contributed by atoms with Crippen LogP contribution in [0.25, 0.3) is 0 Å². The van der Waals surface area contributed by atoms with Gasteiger partial charge in [-0.2, -0.15) is 0 Å². The van der Waals surface area contributed by atoms with Crippen LogP contribution in [-0.4, -0.2) is 17.4 Å². The standard InChI is InChI=1S/C20H28O3/c1-13-7-8-16-12-17(21)20(4)10-5-6-15(18(22)23-20)9-11-19(13,3)14(16)2/h6,13,16H,2,5,7-12H2,1,3-4H3. The Kier molecular flexibility index (Phi) is 4.02. The number of hydrogen-bond acceptors (Lipinski definition) is 3. The average molecular weight is 316 g/mol. The molecule has 4 unspecified atom stereocenters. The van der Waals surface area contributed by atoms with Crippen molar-refractivity contribution in [3.63, 3.8) is 0 Å². The Hall–Kier alpha value is -1.38. The molecule has 0 aromatic rings. The van der Waals surface area contributed by atoms with Gasteiger partial charge in [0, 0.05) is 12.0 Å². The second-order valence-electron chi connectivity index (χ2n) is 8.13. The van der Waals surface area contributed by atoms with Crippen LogP contribution in [0.4, 0.5) is 0 Å². The number of ketones is 1. The van der Waals surface area contributed by atoms with Crippen LogP contribution in [0.2, 0.25) is 0 Å². The fourth-order valence-electron chi connectivity index (χ4n) is 4.52. The lowest BCUT2D eigenvalue weighted by Gasteiger charge is -2.46. The predicted molar refractivity (Wildman–Crippen MR) is 89.8 cm³/mol. The van der Waals surface area contributed by atoms with Crippen molar-refractivity contribution in [2.24, 2.45) is 17.3 Å². The first-order chi connectivity index (χ1) is 10.8. The van der Waals surface area contributed by atoms with E-state index in [1.807, 2.05) is 6.08 Å². The van der Waals surface area contributed by atoms with E-state index >= 15 is 0 Å². The van der Waals surface area contributed by atoms with Crippen LogP contribution >= 0.6 is 0 Å². The lowest BCUT2D eigenvalue weighted by molar-refractivity contribution is -0.162. The SMILES string of the molecule is C=C1C2CCC(C)C1(C)CCC1=CCCC(C)(OC1=O)C(=O)C2. The molecular weight excluding hydrogens is 288 g/mol. The Balaban J connectivity index is 2.02. The van der Waals surface area contributed by atoms with Gasteiger partial charge in [0.1, 0.15) is 0 Å². The maximum atomic E-state index is 12.9. The van der Waals surface area contributed by atoms with Crippen LogP contribution in [0.15, 0.2) is 23.8 Å². The van der Waals surface area contributed by atoms with Crippen molar-refractivity contribution in [2.75, 3.05) is 0 Å². The summed E-state index contributed by atoms with van der Waals surface area (Å²) in [6.45, 7) is 10.7. The maximum Gasteiger partial charge on any atom is 0.334 e. The highest BCUT2D eigenvalue weighted by Gasteiger charge is 2.46. The van der Waals surface area contributed by atoms with Gasteiger partial charge in [-0.1, -0.05) is 32.1 Å². The molecule has 2 fully saturated rings. The first-order valence-electron chi connectivity index (χ1n) is 8.91. The van der Waals surface area contributed by atoms with Gasteiger partial charge in [-0.3, -0.25) is 4.79 Å². The number of hydrogen-bond donors (Lipinski definition) is 0. The molecule has 0 spiro atoms. The van der Waals surface area contributed by atoms with E-state index in [1.165, 1.54) is 5.57 Å². The molecule has 0 aromatic heterocycles. The lowest BCUT2D eigenvalue weighted by Crippen LogP contribution is -2.42. The zero-order chi connectivity index (χ0) is 16.8. The molecule has 3 heteroatoms. The van der Waals surface area contributed by atoms with Gasteiger partial charge in [0.2, 0.25) is 0 Å². The topological polar surface area (TPSA) is 43.4 Å². The molecule has 3 nitrogen and oxygen atoms in total. The Bertz CT molecular complexity index is 588. The number of rotatable bonds is 0. The molecule has 3 aliphatic rings. The molecule has 2 aliphatic heterocycles. The van der Waals surface area contributed by atoms with Crippen LogP contribution in [0.5, 0.6) is 0 Å². The normalized spacial score (nSPS) is 41.7. The highest BCUT2D eigenvalue weighted by atomic mass is 16.6. The van der Waals surface area contributed by atoms with E-state index in [9.17, 15) is 9.59 Å². The van der Waals surface area contributed by atoms with E-state index in [2.05, 4.69) is 20.4 Å². The van der Waals surface area contributed by atoms with E-state index in [0.717, 1.165) is 37.7 Å². The Morgan fingerprint density at radius 3 is 2.70 bits per heavy atom. The molecule has 1 saturated carbocycles. The summed E-state index contributed by atoms with van der Waals surface area (Å²) < 4.78 is 5.66. The van der Waals surface area contributed by atoms with Crippen molar-refractivity contribution in [3.8, 4) is 0 Å². The fourth-order valence-corrected chi connectivity index (χ4v) is 4.52. The fraction of sp³-hybridized carbons (Fsp3) is 0.700. The number of Topliss-reactive ketones (excluding diaryl/α,β-unsaturated/α-hetero) is 1. The molecule has 23 heavy (non-hydrogen) atoms. The molecule has 3 rings (SSSR count). The van der Waals surface area contributed by atoms with Gasteiger partial charge in [0.25, 0.3) is 0 Å². The number of esters is 1. The average Bonchev–Trinajstić information content (AvgIpc) is 2.64. The smallest absolute Gasteiger partial charge is 0.334 e. The zero-order valence-electron chi connectivity index (χ0n) is 14.6. The summed E-state index contributed by atoms with van der Waals surface area (Å²) in [6.07, 6.45) is 7.55. The predicted octanol–water partition coefficient (Wildman–Crippen LogP) is 4.37. The lowest BCUT2D eigenvalue weighted by atomic mass is 9.58. The molecule has 4 atom stereocenters. The molecule has 1 aliphatic carbocycles. The Labute approximate surface area is 139 Å². The van der Waals surface area contributed by atoms with E-state index < -0.39 is 5.60 Å². The van der Waals surface area contributed by atoms with Gasteiger partial charge in [0.15, 0.2) is 11.4 Å². The number of fused-ring (bicyclic) bond motifs is 5. The highest BCUT2D eigenvalue weighted by Crippen LogP contribution is 2.52. The van der Waals surface area contributed by atoms with Crippen molar-refractivity contribution in [3.05, 3.63) is 23.8 Å². The van der Waals surface area contributed by atoms with Gasteiger partial charge in [-0.15, -0.1) is 0 Å². The van der Waals surface area contributed by atoms with Crippen LogP contribution in [0.3, 0.4) is 0 Å². The number of carbonyl (C=O) groups excluding carboxylic acids is 2. The van der Waals surface area contributed by atoms with Crippen molar-refractivity contribution in [2.45, 2.75) is 71.3 Å². The third kappa shape index (κ3) is 2.68. The third-order valence-electron chi connectivity index (χ3n) is 6.79. The van der Waals surface area contributed by atoms with Crippen molar-refractivity contribution >= 4 is 11.8 Å². The van der Waals surface area contributed by atoms with E-state index in [1.54, 1.807) is 6.92 Å². The molecule has 0 aromatic carbocycles. The summed E-state index contributed by atoms with van der Waals surface area (Å²) in [6, 6.07) is 0. The third-order valence-corrected chi connectivity index (χ3v) is 6.79. The number of carbonyl (C=O) groups is 2. The minimum absolute atomic E-state index is 0.00249. The maximum absolute atomic E-state index is 12.9. The summed E-state index contributed by atoms with van der Waals surface area (Å²) in [5.74, 6) is 0.530. The molecule has 1 saturated heterocycles. The van der Waals surface area contributed by atoms with E-state index in [0.29, 0.717) is 18.8 Å². The summed E-state index contributed by atoms with van der Waals surface area (Å²) in [7, 11) is 0. The summed E-state index contributed by atoms with van der Waals surface area (Å²) >= 11 is 0. The second kappa shape index (κ2) is 5.61. The van der Waals surface area contributed by atoms with E-state index in [-0.39, 0.29) is 23.1 Å². The van der Waals surface area contributed by atoms with Crippen LogP contribution in [0.1, 0.15) is 65.7 Å². The van der Waals surface area contributed by atoms with Gasteiger partial charge >= 0.3 is 5.97 Å². The highest BCUT2D eigenvalue weighted by molar-refractivity contribution is 5.95. The molecule has 0 amide bonds. The zero-order valence-corrected chi connectivity index (χ0v) is 14.6. The van der Waals surface area contributed by atoms with Gasteiger partial charge in [-0.25, -0.2) is 4.79 Å². The van der Waals surface area contributed by atoms with Crippen molar-refractivity contribution in [1.29, 1.82) is 0 Å². The van der Waals surface area contributed by atoms with Crippen LogP contribution in [-0.2, 0) is 14.3 Å². The summed E-state index contributed by atoms with van der Waals surface area (Å²) in [5.41, 5.74) is 0.982. The quantitative estimate of drug-likeness (QED) is 0.492.